The van der Waals surface area contributed by atoms with Gasteiger partial charge in [0, 0.05) is 24.4 Å². The number of thioether (sulfide) groups is 1. The van der Waals surface area contributed by atoms with E-state index in [9.17, 15) is 8.78 Å². The largest absolute Gasteiger partial charge is 0.371 e. The van der Waals surface area contributed by atoms with Gasteiger partial charge in [0.1, 0.15) is 0 Å². The first kappa shape index (κ1) is 12.4. The van der Waals surface area contributed by atoms with Crippen molar-refractivity contribution < 1.29 is 8.78 Å². The Bertz CT molecular complexity index is 421. The van der Waals surface area contributed by atoms with Crippen molar-refractivity contribution in [3.05, 3.63) is 17.7 Å². The van der Waals surface area contributed by atoms with Crippen LogP contribution in [0.1, 0.15) is 12.8 Å². The Hall–Kier alpha value is -1.04. The first-order chi connectivity index (χ1) is 8.10. The molecule has 0 amide bonds. The minimum Gasteiger partial charge on any atom is -0.371 e. The van der Waals surface area contributed by atoms with Crippen LogP contribution in [0.3, 0.4) is 0 Å². The summed E-state index contributed by atoms with van der Waals surface area (Å²) in [5.41, 5.74) is 0. The topological polar surface area (TPSA) is 37.0 Å². The molecule has 1 saturated carbocycles. The zero-order chi connectivity index (χ0) is 12.5. The number of rotatable bonds is 5. The monoisotopic (exact) mass is 259 g/mol. The van der Waals surface area contributed by atoms with Crippen LogP contribution in [0.4, 0.5) is 20.4 Å². The first-order valence-corrected chi connectivity index (χ1v) is 6.65. The van der Waals surface area contributed by atoms with Crippen LogP contribution in [0.25, 0.3) is 0 Å². The van der Waals surface area contributed by atoms with Crippen LogP contribution in [-0.2, 0) is 0 Å². The fourth-order valence-corrected chi connectivity index (χ4v) is 2.33. The van der Waals surface area contributed by atoms with E-state index < -0.39 is 11.6 Å². The molecule has 1 heterocycles. The van der Waals surface area contributed by atoms with E-state index >= 15 is 0 Å². The van der Waals surface area contributed by atoms with Crippen molar-refractivity contribution in [2.45, 2.75) is 17.6 Å². The lowest BCUT2D eigenvalue weighted by Gasteiger charge is -2.14. The van der Waals surface area contributed by atoms with Gasteiger partial charge < -0.3 is 10.6 Å². The summed E-state index contributed by atoms with van der Waals surface area (Å²) in [6, 6.07) is 0.847. The Kier molecular flexibility index (Phi) is 3.42. The molecule has 0 unspecified atom stereocenters. The molecular formula is C11H15F2N3S. The third-order valence-electron chi connectivity index (χ3n) is 2.98. The van der Waals surface area contributed by atoms with Gasteiger partial charge in [0.2, 0.25) is 0 Å². The molecule has 1 aliphatic carbocycles. The predicted molar refractivity (Wildman–Crippen MR) is 67.7 cm³/mol. The summed E-state index contributed by atoms with van der Waals surface area (Å²) in [5.74, 6) is -1.17. The van der Waals surface area contributed by atoms with Crippen molar-refractivity contribution >= 4 is 23.4 Å². The third kappa shape index (κ3) is 2.62. The number of aromatic nitrogens is 1. The van der Waals surface area contributed by atoms with Gasteiger partial charge in [-0.3, -0.25) is 0 Å². The Balaban J connectivity index is 2.10. The molecule has 0 spiro atoms. The molecule has 2 rings (SSSR count). The molecule has 94 valence electrons. The molecule has 0 radical (unpaired) electrons. The van der Waals surface area contributed by atoms with Crippen LogP contribution in [-0.4, -0.2) is 29.6 Å². The van der Waals surface area contributed by atoms with Crippen molar-refractivity contribution in [1.29, 1.82) is 0 Å². The van der Waals surface area contributed by atoms with Gasteiger partial charge in [-0.05, 0) is 19.1 Å². The molecule has 1 fully saturated rings. The zero-order valence-corrected chi connectivity index (χ0v) is 10.6. The van der Waals surface area contributed by atoms with E-state index in [0.29, 0.717) is 6.54 Å². The van der Waals surface area contributed by atoms with Crippen LogP contribution in [0.5, 0.6) is 0 Å². The number of anilines is 2. The van der Waals surface area contributed by atoms with Gasteiger partial charge in [0.25, 0.3) is 0 Å². The lowest BCUT2D eigenvalue weighted by Crippen LogP contribution is -2.19. The molecule has 1 aromatic rings. The maximum absolute atomic E-state index is 13.5. The van der Waals surface area contributed by atoms with Gasteiger partial charge in [-0.15, -0.1) is 0 Å². The number of pyridine rings is 1. The van der Waals surface area contributed by atoms with Gasteiger partial charge in [-0.25, -0.2) is 13.8 Å². The van der Waals surface area contributed by atoms with Crippen molar-refractivity contribution in [2.24, 2.45) is 0 Å². The fourth-order valence-electron chi connectivity index (χ4n) is 1.60. The van der Waals surface area contributed by atoms with Crippen molar-refractivity contribution in [2.75, 3.05) is 30.5 Å². The van der Waals surface area contributed by atoms with Gasteiger partial charge in [-0.1, -0.05) is 0 Å². The van der Waals surface area contributed by atoms with E-state index in [2.05, 4.69) is 15.6 Å². The second-order valence-corrected chi connectivity index (χ2v) is 5.41. The normalized spacial score (nSPS) is 16.7. The Morgan fingerprint density at radius 1 is 1.35 bits per heavy atom. The van der Waals surface area contributed by atoms with E-state index in [4.69, 9.17) is 0 Å². The van der Waals surface area contributed by atoms with Gasteiger partial charge in [0.05, 0.1) is 0 Å². The van der Waals surface area contributed by atoms with Crippen LogP contribution >= 0.6 is 11.8 Å². The number of nitrogens with one attached hydrogen (secondary N) is 2. The molecule has 0 saturated heterocycles. The Morgan fingerprint density at radius 3 is 2.53 bits per heavy atom. The van der Waals surface area contributed by atoms with Gasteiger partial charge in [0.15, 0.2) is 23.3 Å². The van der Waals surface area contributed by atoms with Crippen LogP contribution in [0, 0.1) is 11.6 Å². The minimum absolute atomic E-state index is 0.0582. The van der Waals surface area contributed by atoms with Crippen LogP contribution in [0.2, 0.25) is 0 Å². The summed E-state index contributed by atoms with van der Waals surface area (Å²) < 4.78 is 26.9. The molecule has 2 N–H and O–H groups in total. The second-order valence-electron chi connectivity index (χ2n) is 4.14. The Morgan fingerprint density at radius 2 is 2.00 bits per heavy atom. The average molecular weight is 259 g/mol. The van der Waals surface area contributed by atoms with Crippen LogP contribution < -0.4 is 10.6 Å². The third-order valence-corrected chi connectivity index (χ3v) is 4.40. The van der Waals surface area contributed by atoms with E-state index in [1.54, 1.807) is 18.8 Å². The number of halogens is 2. The molecule has 17 heavy (non-hydrogen) atoms. The van der Waals surface area contributed by atoms with E-state index in [0.717, 1.165) is 18.9 Å². The van der Waals surface area contributed by atoms with Crippen molar-refractivity contribution in [1.82, 2.24) is 4.98 Å². The molecular weight excluding hydrogens is 244 g/mol. The first-order valence-electron chi connectivity index (χ1n) is 5.43. The maximum Gasteiger partial charge on any atom is 0.168 e. The maximum atomic E-state index is 13.5. The van der Waals surface area contributed by atoms with Gasteiger partial charge >= 0.3 is 0 Å². The molecule has 1 aliphatic rings. The number of hydrogen-bond acceptors (Lipinski definition) is 4. The summed E-state index contributed by atoms with van der Waals surface area (Å²) in [4.78, 5) is 3.87. The van der Waals surface area contributed by atoms with Crippen molar-refractivity contribution in [3.63, 3.8) is 0 Å². The minimum atomic E-state index is -0.679. The highest BCUT2D eigenvalue weighted by atomic mass is 32.2. The molecule has 0 aromatic carbocycles. The summed E-state index contributed by atoms with van der Waals surface area (Å²) in [6.07, 6.45) is 4.30. The summed E-state index contributed by atoms with van der Waals surface area (Å²) in [7, 11) is 1.55. The molecule has 0 bridgehead atoms. The van der Waals surface area contributed by atoms with Crippen LogP contribution in [0.15, 0.2) is 6.07 Å². The zero-order valence-electron chi connectivity index (χ0n) is 9.81. The number of nitrogens with zero attached hydrogens (tertiary/aromatic N) is 1. The highest BCUT2D eigenvalue weighted by molar-refractivity contribution is 8.00. The Labute approximate surface area is 103 Å². The lowest BCUT2D eigenvalue weighted by molar-refractivity contribution is 0.578. The van der Waals surface area contributed by atoms with E-state index in [-0.39, 0.29) is 16.4 Å². The highest BCUT2D eigenvalue weighted by Gasteiger charge is 2.41. The predicted octanol–water partition coefficient (Wildman–Crippen LogP) is 2.71. The second kappa shape index (κ2) is 4.68. The molecule has 0 atom stereocenters. The smallest absolute Gasteiger partial charge is 0.168 e. The molecule has 6 heteroatoms. The van der Waals surface area contributed by atoms with Crippen molar-refractivity contribution in [3.8, 4) is 0 Å². The molecule has 3 nitrogen and oxygen atoms in total. The average Bonchev–Trinajstić information content (AvgIpc) is 3.09. The standard InChI is InChI=1S/C11H15F2N3S/c1-14-9-7(12)5-8(13)10(16-9)15-6-11(17-2)3-4-11/h5H,3-4,6H2,1-2H3,(H2,14,15,16). The fraction of sp³-hybridized carbons (Fsp3) is 0.545. The summed E-state index contributed by atoms with van der Waals surface area (Å²) in [5, 5.41) is 5.55. The quantitative estimate of drug-likeness (QED) is 0.852. The SMILES string of the molecule is CNc1nc(NCC2(SC)CC2)c(F)cc1F. The van der Waals surface area contributed by atoms with E-state index in [1.165, 1.54) is 0 Å². The molecule has 0 aliphatic heterocycles. The molecule has 1 aromatic heterocycles. The lowest BCUT2D eigenvalue weighted by atomic mass is 10.3. The number of hydrogen-bond donors (Lipinski definition) is 2. The van der Waals surface area contributed by atoms with E-state index in [1.807, 2.05) is 6.26 Å². The summed E-state index contributed by atoms with van der Waals surface area (Å²) >= 11 is 1.77. The van der Waals surface area contributed by atoms with Gasteiger partial charge in [-0.2, -0.15) is 11.8 Å². The highest BCUT2D eigenvalue weighted by Crippen LogP contribution is 2.47. The summed E-state index contributed by atoms with van der Waals surface area (Å²) in [6.45, 7) is 0.660.